The van der Waals surface area contributed by atoms with E-state index in [1.807, 2.05) is 0 Å². The minimum absolute atomic E-state index is 0.0131. The Kier molecular flexibility index (Phi) is 6.72. The zero-order valence-corrected chi connectivity index (χ0v) is 15.8. The van der Waals surface area contributed by atoms with Gasteiger partial charge in [0.25, 0.3) is 5.91 Å². The van der Waals surface area contributed by atoms with Crippen molar-refractivity contribution >= 4 is 37.8 Å². The summed E-state index contributed by atoms with van der Waals surface area (Å²) in [5, 5.41) is 5.13. The zero-order valence-electron chi connectivity index (χ0n) is 13.4. The molecule has 7 nitrogen and oxygen atoms in total. The van der Waals surface area contributed by atoms with Crippen LogP contribution >= 0.6 is 15.9 Å². The van der Waals surface area contributed by atoms with E-state index < -0.39 is 22.0 Å². The highest BCUT2D eigenvalue weighted by Crippen LogP contribution is 2.25. The molecule has 0 heterocycles. The summed E-state index contributed by atoms with van der Waals surface area (Å²) in [6.45, 7) is 3.79. The molecule has 0 fully saturated rings. The first-order valence-electron chi connectivity index (χ1n) is 6.92. The molecule has 0 saturated carbocycles. The van der Waals surface area contributed by atoms with Crippen LogP contribution in [0.2, 0.25) is 0 Å². The van der Waals surface area contributed by atoms with E-state index in [2.05, 4.69) is 26.6 Å². The number of hydrogen-bond donors (Lipinski definition) is 2. The number of carbonyl (C=O) groups is 2. The number of rotatable bonds is 6. The molecule has 0 aliphatic carbocycles. The summed E-state index contributed by atoms with van der Waals surface area (Å²) in [6, 6.07) is 3.53. The maximum Gasteiger partial charge on any atom is 0.251 e. The Bertz CT molecular complexity index is 704. The van der Waals surface area contributed by atoms with Gasteiger partial charge in [-0.2, -0.15) is 0 Å². The van der Waals surface area contributed by atoms with Crippen molar-refractivity contribution in [1.29, 1.82) is 0 Å². The number of nitrogens with one attached hydrogen (secondary N) is 2. The third-order valence-corrected chi connectivity index (χ3v) is 5.85. The van der Waals surface area contributed by atoms with Gasteiger partial charge in [0.2, 0.25) is 15.9 Å². The summed E-state index contributed by atoms with van der Waals surface area (Å²) in [6.07, 6.45) is 0. The second-order valence-electron chi connectivity index (χ2n) is 5.02. The molecule has 1 atom stereocenters. The molecule has 1 aromatic rings. The molecule has 9 heteroatoms. The van der Waals surface area contributed by atoms with E-state index in [1.165, 1.54) is 32.3 Å². The van der Waals surface area contributed by atoms with Crippen LogP contribution in [0.3, 0.4) is 0 Å². The third kappa shape index (κ3) is 4.76. The predicted molar refractivity (Wildman–Crippen MR) is 90.6 cm³/mol. The lowest BCUT2D eigenvalue weighted by atomic mass is 10.2. The third-order valence-electron chi connectivity index (χ3n) is 3.04. The summed E-state index contributed by atoms with van der Waals surface area (Å²) in [5.74, 6) is -0.828. The van der Waals surface area contributed by atoms with Crippen molar-refractivity contribution in [1.82, 2.24) is 14.9 Å². The number of hydrogen-bond acceptors (Lipinski definition) is 4. The van der Waals surface area contributed by atoms with E-state index in [0.29, 0.717) is 11.0 Å². The minimum Gasteiger partial charge on any atom is -0.355 e. The quantitative estimate of drug-likeness (QED) is 0.736. The average molecular weight is 406 g/mol. The van der Waals surface area contributed by atoms with Gasteiger partial charge in [-0.25, -0.2) is 12.7 Å². The molecule has 0 unspecified atom stereocenters. The first-order valence-corrected chi connectivity index (χ1v) is 9.15. The Morgan fingerprint density at radius 2 is 1.91 bits per heavy atom. The number of benzene rings is 1. The summed E-state index contributed by atoms with van der Waals surface area (Å²) >= 11 is 3.18. The Labute approximate surface area is 144 Å². The highest BCUT2D eigenvalue weighted by atomic mass is 79.9. The number of halogens is 1. The second-order valence-corrected chi connectivity index (χ2v) is 8.00. The lowest BCUT2D eigenvalue weighted by Gasteiger charge is -2.16. The monoisotopic (exact) mass is 405 g/mol. The lowest BCUT2D eigenvalue weighted by Crippen LogP contribution is -2.44. The second kappa shape index (κ2) is 7.89. The Morgan fingerprint density at radius 1 is 1.30 bits per heavy atom. The van der Waals surface area contributed by atoms with Crippen LogP contribution in [0.4, 0.5) is 0 Å². The molecule has 0 aromatic heterocycles. The van der Waals surface area contributed by atoms with Crippen molar-refractivity contribution in [2.24, 2.45) is 0 Å². The summed E-state index contributed by atoms with van der Waals surface area (Å²) in [5.41, 5.74) is 0.157. The van der Waals surface area contributed by atoms with Gasteiger partial charge in [0.15, 0.2) is 0 Å². The average Bonchev–Trinajstić information content (AvgIpc) is 2.47. The summed E-state index contributed by atoms with van der Waals surface area (Å²) in [7, 11) is -0.873. The zero-order chi connectivity index (χ0) is 17.8. The van der Waals surface area contributed by atoms with E-state index in [-0.39, 0.29) is 16.4 Å². The van der Waals surface area contributed by atoms with Gasteiger partial charge in [-0.1, -0.05) is 0 Å². The van der Waals surface area contributed by atoms with Crippen molar-refractivity contribution in [3.8, 4) is 0 Å². The van der Waals surface area contributed by atoms with Crippen LogP contribution in [0.25, 0.3) is 0 Å². The van der Waals surface area contributed by atoms with Crippen LogP contribution in [-0.2, 0) is 14.8 Å². The number of sulfonamides is 1. The van der Waals surface area contributed by atoms with Crippen LogP contribution in [0.1, 0.15) is 24.2 Å². The SMILES string of the molecule is CCNC(=O)[C@H](C)NC(=O)c1ccc(Br)c(S(=O)(=O)N(C)C)c1. The van der Waals surface area contributed by atoms with E-state index in [4.69, 9.17) is 0 Å². The maximum atomic E-state index is 12.2. The molecule has 1 rings (SSSR count). The first kappa shape index (κ1) is 19.6. The van der Waals surface area contributed by atoms with Crippen molar-refractivity contribution in [3.63, 3.8) is 0 Å². The van der Waals surface area contributed by atoms with E-state index in [9.17, 15) is 18.0 Å². The molecule has 0 saturated heterocycles. The van der Waals surface area contributed by atoms with Crippen molar-refractivity contribution in [2.75, 3.05) is 20.6 Å². The van der Waals surface area contributed by atoms with Crippen LogP contribution < -0.4 is 10.6 Å². The first-order chi connectivity index (χ1) is 10.6. The van der Waals surface area contributed by atoms with Crippen LogP contribution in [0.15, 0.2) is 27.6 Å². The van der Waals surface area contributed by atoms with Crippen molar-refractivity contribution < 1.29 is 18.0 Å². The largest absolute Gasteiger partial charge is 0.355 e. The maximum absolute atomic E-state index is 12.2. The predicted octanol–water partition coefficient (Wildman–Crippen LogP) is 0.954. The summed E-state index contributed by atoms with van der Waals surface area (Å²) < 4.78 is 25.9. The van der Waals surface area contributed by atoms with Crippen LogP contribution in [0.5, 0.6) is 0 Å². The van der Waals surface area contributed by atoms with Gasteiger partial charge in [0.1, 0.15) is 6.04 Å². The number of carbonyl (C=O) groups excluding carboxylic acids is 2. The molecule has 2 amide bonds. The van der Waals surface area contributed by atoms with E-state index in [0.717, 1.165) is 4.31 Å². The topological polar surface area (TPSA) is 95.6 Å². The molecule has 128 valence electrons. The molecule has 0 aliphatic heterocycles. The van der Waals surface area contributed by atoms with Gasteiger partial charge in [-0.15, -0.1) is 0 Å². The van der Waals surface area contributed by atoms with Gasteiger partial charge in [-0.3, -0.25) is 9.59 Å². The van der Waals surface area contributed by atoms with Gasteiger partial charge in [-0.05, 0) is 48.0 Å². The molecule has 2 N–H and O–H groups in total. The number of amides is 2. The van der Waals surface area contributed by atoms with Crippen molar-refractivity contribution in [3.05, 3.63) is 28.2 Å². The van der Waals surface area contributed by atoms with Gasteiger partial charge < -0.3 is 10.6 Å². The van der Waals surface area contributed by atoms with E-state index in [1.54, 1.807) is 13.8 Å². The van der Waals surface area contributed by atoms with Gasteiger partial charge in [0.05, 0.1) is 4.90 Å². The normalized spacial score (nSPS) is 12.8. The highest BCUT2D eigenvalue weighted by molar-refractivity contribution is 9.10. The summed E-state index contributed by atoms with van der Waals surface area (Å²) in [4.78, 5) is 23.8. The molecule has 0 spiro atoms. The molecule has 0 radical (unpaired) electrons. The van der Waals surface area contributed by atoms with E-state index >= 15 is 0 Å². The van der Waals surface area contributed by atoms with Gasteiger partial charge in [0, 0.05) is 30.7 Å². The molecule has 23 heavy (non-hydrogen) atoms. The number of likely N-dealkylation sites (N-methyl/N-ethyl adjacent to an activating group) is 1. The minimum atomic E-state index is -3.69. The smallest absolute Gasteiger partial charge is 0.251 e. The molecule has 1 aromatic carbocycles. The molecule has 0 aliphatic rings. The fourth-order valence-corrected chi connectivity index (χ4v) is 3.56. The Balaban J connectivity index is 3.07. The Hall–Kier alpha value is -1.45. The fraction of sp³-hybridized carbons (Fsp3) is 0.429. The molecular formula is C14H20BrN3O4S. The standard InChI is InChI=1S/C14H20BrN3O4S/c1-5-16-13(19)9(2)17-14(20)10-6-7-11(15)12(8-10)23(21,22)18(3)4/h6-9H,5H2,1-4H3,(H,16,19)(H,17,20)/t9-/m0/s1. The van der Waals surface area contributed by atoms with Crippen LogP contribution in [-0.4, -0.2) is 51.2 Å². The highest BCUT2D eigenvalue weighted by Gasteiger charge is 2.23. The van der Waals surface area contributed by atoms with Crippen LogP contribution in [0, 0.1) is 0 Å². The lowest BCUT2D eigenvalue weighted by molar-refractivity contribution is -0.122. The van der Waals surface area contributed by atoms with Crippen molar-refractivity contribution in [2.45, 2.75) is 24.8 Å². The molecule has 0 bridgehead atoms. The Morgan fingerprint density at radius 3 is 2.43 bits per heavy atom. The molecular weight excluding hydrogens is 386 g/mol. The fourth-order valence-electron chi connectivity index (χ4n) is 1.71. The van der Waals surface area contributed by atoms with Gasteiger partial charge >= 0.3 is 0 Å². The number of nitrogens with zero attached hydrogens (tertiary/aromatic N) is 1.